The molecule has 0 spiro atoms. The van der Waals surface area contributed by atoms with E-state index in [4.69, 9.17) is 0 Å². The number of hydrogen-bond donors (Lipinski definition) is 2. The van der Waals surface area contributed by atoms with Gasteiger partial charge in [-0.25, -0.2) is 4.98 Å². The molecule has 0 radical (unpaired) electrons. The minimum atomic E-state index is 0.949. The van der Waals surface area contributed by atoms with Gasteiger partial charge in [-0.05, 0) is 25.5 Å². The number of nitrogens with one attached hydrogen (secondary N) is 2. The first-order chi connectivity index (χ1) is 5.86. The average Bonchev–Trinajstić information content (AvgIpc) is 2.54. The molecule has 0 atom stereocenters. The van der Waals surface area contributed by atoms with Crippen LogP contribution in [-0.2, 0) is 0 Å². The quantitative estimate of drug-likeness (QED) is 0.650. The van der Waals surface area contributed by atoms with E-state index in [1.165, 1.54) is 5.57 Å². The molecule has 0 unspecified atom stereocenters. The van der Waals surface area contributed by atoms with Crippen molar-refractivity contribution in [1.29, 1.82) is 0 Å². The van der Waals surface area contributed by atoms with Crippen molar-refractivity contribution < 1.29 is 0 Å². The molecule has 0 saturated carbocycles. The summed E-state index contributed by atoms with van der Waals surface area (Å²) in [6, 6.07) is 0. The lowest BCUT2D eigenvalue weighted by atomic mass is 10.1. The maximum absolute atomic E-state index is 4.37. The average molecular weight is 163 g/mol. The van der Waals surface area contributed by atoms with Crippen LogP contribution in [0.3, 0.4) is 0 Å². The maximum Gasteiger partial charge on any atom is 0.103 e. The van der Waals surface area contributed by atoms with E-state index in [1.54, 1.807) is 0 Å². The van der Waals surface area contributed by atoms with E-state index in [0.717, 1.165) is 31.0 Å². The van der Waals surface area contributed by atoms with Crippen LogP contribution in [0.4, 0.5) is 0 Å². The highest BCUT2D eigenvalue weighted by molar-refractivity contribution is 5.64. The van der Waals surface area contributed by atoms with Crippen molar-refractivity contribution in [2.75, 3.05) is 13.1 Å². The third-order valence-corrected chi connectivity index (χ3v) is 2.06. The summed E-state index contributed by atoms with van der Waals surface area (Å²) in [4.78, 5) is 7.46. The van der Waals surface area contributed by atoms with Crippen LogP contribution in [0.5, 0.6) is 0 Å². The number of aromatic amines is 1. The minimum absolute atomic E-state index is 0.949. The first-order valence-electron chi connectivity index (χ1n) is 4.28. The second-order valence-electron chi connectivity index (χ2n) is 3.07. The van der Waals surface area contributed by atoms with Crippen LogP contribution in [-0.4, -0.2) is 23.1 Å². The zero-order chi connectivity index (χ0) is 8.39. The van der Waals surface area contributed by atoms with Gasteiger partial charge >= 0.3 is 0 Å². The number of imidazole rings is 1. The molecule has 64 valence electrons. The molecule has 3 heteroatoms. The first kappa shape index (κ1) is 7.55. The summed E-state index contributed by atoms with van der Waals surface area (Å²) < 4.78 is 0. The summed E-state index contributed by atoms with van der Waals surface area (Å²) in [6.07, 6.45) is 5.33. The molecule has 1 aliphatic heterocycles. The maximum atomic E-state index is 4.37. The molecule has 1 aliphatic rings. The lowest BCUT2D eigenvalue weighted by molar-refractivity contribution is 0.737. The van der Waals surface area contributed by atoms with Crippen LogP contribution < -0.4 is 5.32 Å². The van der Waals surface area contributed by atoms with Crippen LogP contribution >= 0.6 is 0 Å². The molecule has 2 heterocycles. The van der Waals surface area contributed by atoms with Crippen molar-refractivity contribution >= 4 is 5.57 Å². The van der Waals surface area contributed by atoms with Gasteiger partial charge < -0.3 is 10.3 Å². The van der Waals surface area contributed by atoms with Gasteiger partial charge in [0, 0.05) is 12.7 Å². The zero-order valence-electron chi connectivity index (χ0n) is 7.22. The minimum Gasteiger partial charge on any atom is -0.348 e. The summed E-state index contributed by atoms with van der Waals surface area (Å²) in [7, 11) is 0. The van der Waals surface area contributed by atoms with Gasteiger partial charge in [0.15, 0.2) is 0 Å². The second-order valence-corrected chi connectivity index (χ2v) is 3.07. The van der Waals surface area contributed by atoms with E-state index >= 15 is 0 Å². The van der Waals surface area contributed by atoms with Crippen molar-refractivity contribution in [2.24, 2.45) is 0 Å². The molecule has 1 aromatic heterocycles. The largest absolute Gasteiger partial charge is 0.348 e. The number of aryl methyl sites for hydroxylation is 1. The molecule has 0 aromatic carbocycles. The van der Waals surface area contributed by atoms with E-state index in [1.807, 2.05) is 13.1 Å². The van der Waals surface area contributed by atoms with Crippen molar-refractivity contribution in [1.82, 2.24) is 15.3 Å². The van der Waals surface area contributed by atoms with Crippen LogP contribution in [0, 0.1) is 6.92 Å². The topological polar surface area (TPSA) is 40.7 Å². The Balaban J connectivity index is 2.23. The molecule has 2 N–H and O–H groups in total. The fraction of sp³-hybridized carbons (Fsp3) is 0.444. The smallest absolute Gasteiger partial charge is 0.103 e. The molecule has 12 heavy (non-hydrogen) atoms. The molecule has 3 nitrogen and oxygen atoms in total. The van der Waals surface area contributed by atoms with Crippen LogP contribution in [0.2, 0.25) is 0 Å². The van der Waals surface area contributed by atoms with Gasteiger partial charge in [-0.1, -0.05) is 6.08 Å². The number of hydrogen-bond acceptors (Lipinski definition) is 2. The van der Waals surface area contributed by atoms with E-state index in [-0.39, 0.29) is 0 Å². The highest BCUT2D eigenvalue weighted by Crippen LogP contribution is 2.13. The number of aromatic nitrogens is 2. The van der Waals surface area contributed by atoms with E-state index < -0.39 is 0 Å². The second kappa shape index (κ2) is 3.11. The third-order valence-electron chi connectivity index (χ3n) is 2.06. The van der Waals surface area contributed by atoms with Crippen LogP contribution in [0.15, 0.2) is 12.3 Å². The molecule has 0 amide bonds. The first-order valence-corrected chi connectivity index (χ1v) is 4.28. The molecule has 0 aliphatic carbocycles. The number of H-pyrrole nitrogens is 1. The molecule has 0 saturated heterocycles. The summed E-state index contributed by atoms with van der Waals surface area (Å²) >= 11 is 0. The third kappa shape index (κ3) is 1.41. The fourth-order valence-corrected chi connectivity index (χ4v) is 1.42. The summed E-state index contributed by atoms with van der Waals surface area (Å²) in [5.41, 5.74) is 2.39. The Kier molecular flexibility index (Phi) is 1.96. The fourth-order valence-electron chi connectivity index (χ4n) is 1.42. The van der Waals surface area contributed by atoms with E-state index in [2.05, 4.69) is 21.4 Å². The van der Waals surface area contributed by atoms with Crippen molar-refractivity contribution in [3.63, 3.8) is 0 Å². The van der Waals surface area contributed by atoms with Crippen LogP contribution in [0.25, 0.3) is 5.57 Å². The van der Waals surface area contributed by atoms with Gasteiger partial charge in [0.05, 0.1) is 5.69 Å². The monoisotopic (exact) mass is 163 g/mol. The molecular weight excluding hydrogens is 150 g/mol. The van der Waals surface area contributed by atoms with Gasteiger partial charge in [-0.2, -0.15) is 0 Å². The van der Waals surface area contributed by atoms with Crippen molar-refractivity contribution in [3.05, 3.63) is 23.8 Å². The highest BCUT2D eigenvalue weighted by atomic mass is 14.9. The van der Waals surface area contributed by atoms with Gasteiger partial charge in [-0.15, -0.1) is 0 Å². The Morgan fingerprint density at radius 1 is 1.50 bits per heavy atom. The molecular formula is C9H13N3. The van der Waals surface area contributed by atoms with Gasteiger partial charge in [0.2, 0.25) is 0 Å². The Morgan fingerprint density at radius 3 is 3.00 bits per heavy atom. The van der Waals surface area contributed by atoms with Crippen LogP contribution in [0.1, 0.15) is 17.9 Å². The molecule has 1 aromatic rings. The van der Waals surface area contributed by atoms with E-state index in [0.29, 0.717) is 0 Å². The lowest BCUT2D eigenvalue weighted by Crippen LogP contribution is -2.21. The Bertz CT molecular complexity index is 298. The Labute approximate surface area is 71.9 Å². The standard InChI is InChI=1S/C9H13N3/c1-7-11-6-9(12-7)8-3-2-4-10-5-8/h3,6,10H,2,4-5H2,1H3,(H,11,12). The Morgan fingerprint density at radius 2 is 2.42 bits per heavy atom. The Hall–Kier alpha value is -1.09. The normalized spacial score (nSPS) is 17.6. The lowest BCUT2D eigenvalue weighted by Gasteiger charge is -2.11. The van der Waals surface area contributed by atoms with Crippen molar-refractivity contribution in [2.45, 2.75) is 13.3 Å². The van der Waals surface area contributed by atoms with Crippen molar-refractivity contribution in [3.8, 4) is 0 Å². The van der Waals surface area contributed by atoms with Gasteiger partial charge in [-0.3, -0.25) is 0 Å². The highest BCUT2D eigenvalue weighted by Gasteiger charge is 2.07. The summed E-state index contributed by atoms with van der Waals surface area (Å²) in [5, 5.41) is 3.32. The zero-order valence-corrected chi connectivity index (χ0v) is 7.22. The summed E-state index contributed by atoms with van der Waals surface area (Å²) in [5.74, 6) is 0.983. The predicted molar refractivity (Wildman–Crippen MR) is 48.8 cm³/mol. The molecule has 0 fully saturated rings. The van der Waals surface area contributed by atoms with E-state index in [9.17, 15) is 0 Å². The van der Waals surface area contributed by atoms with Gasteiger partial charge in [0.1, 0.15) is 5.82 Å². The number of nitrogens with zero attached hydrogens (tertiary/aromatic N) is 1. The number of rotatable bonds is 1. The molecule has 2 rings (SSSR count). The van der Waals surface area contributed by atoms with Gasteiger partial charge in [0.25, 0.3) is 0 Å². The SMILES string of the molecule is Cc1nc(C2=CCCNC2)c[nH]1. The summed E-state index contributed by atoms with van der Waals surface area (Å²) in [6.45, 7) is 4.01. The predicted octanol–water partition coefficient (Wildman–Crippen LogP) is 1.09. The molecule has 0 bridgehead atoms.